The van der Waals surface area contributed by atoms with Crippen LogP contribution in [-0.2, 0) is 22.7 Å². The molecule has 3 unspecified atom stereocenters. The van der Waals surface area contributed by atoms with E-state index in [0.29, 0.717) is 12.3 Å². The smallest absolute Gasteiger partial charge is 0.231 e. The molecule has 2 aromatic carbocycles. The van der Waals surface area contributed by atoms with E-state index in [4.69, 9.17) is 9.47 Å². The molecule has 2 saturated heterocycles. The summed E-state index contributed by atoms with van der Waals surface area (Å²) in [7, 11) is 0. The lowest BCUT2D eigenvalue weighted by molar-refractivity contribution is -0.130. The Bertz CT molecular complexity index is 1010. The number of thioether (sulfide) groups is 1. The topological polar surface area (TPSA) is 91.9 Å². The predicted molar refractivity (Wildman–Crippen MR) is 126 cm³/mol. The second-order valence-electron chi connectivity index (χ2n) is 8.55. The SMILES string of the molecule is O=C(CSC1NC(=O)C2CN(Cc3ccccc3)CCC2N1)NCc1ccc2c(c1)OCO2. The van der Waals surface area contributed by atoms with Crippen LogP contribution in [0.5, 0.6) is 11.5 Å². The lowest BCUT2D eigenvalue weighted by Gasteiger charge is -2.43. The van der Waals surface area contributed by atoms with Crippen molar-refractivity contribution in [2.45, 2.75) is 31.0 Å². The van der Waals surface area contributed by atoms with Crippen LogP contribution >= 0.6 is 11.8 Å². The number of likely N-dealkylation sites (tertiary alicyclic amines) is 1. The number of hydrogen-bond donors (Lipinski definition) is 3. The third-order valence-electron chi connectivity index (χ3n) is 6.23. The Labute approximate surface area is 197 Å². The zero-order valence-corrected chi connectivity index (χ0v) is 19.1. The van der Waals surface area contributed by atoms with Gasteiger partial charge in [0, 0.05) is 32.2 Å². The molecule has 3 heterocycles. The van der Waals surface area contributed by atoms with Crippen molar-refractivity contribution >= 4 is 23.6 Å². The van der Waals surface area contributed by atoms with Crippen LogP contribution in [0.2, 0.25) is 0 Å². The van der Waals surface area contributed by atoms with Crippen molar-refractivity contribution in [3.8, 4) is 11.5 Å². The van der Waals surface area contributed by atoms with Gasteiger partial charge in [-0.1, -0.05) is 36.4 Å². The monoisotopic (exact) mass is 468 g/mol. The van der Waals surface area contributed by atoms with E-state index in [0.717, 1.165) is 37.4 Å². The number of carbonyl (C=O) groups excluding carboxylic acids is 2. The molecule has 5 rings (SSSR count). The first kappa shape index (κ1) is 22.1. The quantitative estimate of drug-likeness (QED) is 0.569. The highest BCUT2D eigenvalue weighted by Gasteiger charge is 2.39. The molecule has 8 nitrogen and oxygen atoms in total. The second-order valence-corrected chi connectivity index (χ2v) is 9.65. The number of hydrogen-bond acceptors (Lipinski definition) is 7. The van der Waals surface area contributed by atoms with E-state index in [9.17, 15) is 9.59 Å². The Morgan fingerprint density at radius 1 is 1.12 bits per heavy atom. The van der Waals surface area contributed by atoms with Crippen LogP contribution in [0.1, 0.15) is 17.5 Å². The normalized spacial score (nSPS) is 24.1. The van der Waals surface area contributed by atoms with Gasteiger partial charge in [-0.15, -0.1) is 11.8 Å². The summed E-state index contributed by atoms with van der Waals surface area (Å²) in [5, 5.41) is 9.48. The van der Waals surface area contributed by atoms with Gasteiger partial charge in [-0.2, -0.15) is 0 Å². The van der Waals surface area contributed by atoms with Crippen molar-refractivity contribution in [2.75, 3.05) is 25.6 Å². The number of carbonyl (C=O) groups is 2. The number of nitrogens with one attached hydrogen (secondary N) is 3. The van der Waals surface area contributed by atoms with Gasteiger partial charge in [-0.3, -0.25) is 19.8 Å². The number of piperidine rings is 1. The Hall–Kier alpha value is -2.75. The summed E-state index contributed by atoms with van der Waals surface area (Å²) < 4.78 is 10.7. The number of benzene rings is 2. The fraction of sp³-hybridized carbons (Fsp3) is 0.417. The Morgan fingerprint density at radius 2 is 1.97 bits per heavy atom. The number of amides is 2. The highest BCUT2D eigenvalue weighted by atomic mass is 32.2. The average molecular weight is 469 g/mol. The third-order valence-corrected chi connectivity index (χ3v) is 7.25. The molecule has 3 aliphatic heterocycles. The standard InChI is InChI=1S/C24H28N4O4S/c29-22(25-11-17-6-7-20-21(10-17)32-15-31-20)14-33-24-26-19-8-9-28(13-18(19)23(30)27-24)12-16-4-2-1-3-5-16/h1-7,10,18-19,24,26H,8-9,11-15H2,(H,25,29)(H,27,30). The fourth-order valence-electron chi connectivity index (χ4n) is 4.49. The molecular formula is C24H28N4O4S. The van der Waals surface area contributed by atoms with Gasteiger partial charge in [-0.05, 0) is 29.7 Å². The molecule has 2 aromatic rings. The van der Waals surface area contributed by atoms with Gasteiger partial charge in [-0.25, -0.2) is 0 Å². The molecule has 0 saturated carbocycles. The highest BCUT2D eigenvalue weighted by Crippen LogP contribution is 2.32. The molecule has 9 heteroatoms. The summed E-state index contributed by atoms with van der Waals surface area (Å²) in [5.41, 5.74) is 1.96. The van der Waals surface area contributed by atoms with E-state index < -0.39 is 0 Å². The lowest BCUT2D eigenvalue weighted by Crippen LogP contribution is -2.64. The summed E-state index contributed by atoms with van der Waals surface area (Å²) in [5.74, 6) is 1.61. The van der Waals surface area contributed by atoms with Crippen molar-refractivity contribution in [3.63, 3.8) is 0 Å². The molecule has 0 aliphatic carbocycles. The highest BCUT2D eigenvalue weighted by molar-refractivity contribution is 8.00. The summed E-state index contributed by atoms with van der Waals surface area (Å²) >= 11 is 1.41. The van der Waals surface area contributed by atoms with Gasteiger partial charge in [0.15, 0.2) is 11.5 Å². The molecular weight excluding hydrogens is 440 g/mol. The summed E-state index contributed by atoms with van der Waals surface area (Å²) in [6, 6.07) is 16.1. The number of rotatable bonds is 7. The van der Waals surface area contributed by atoms with Gasteiger partial charge < -0.3 is 20.1 Å². The summed E-state index contributed by atoms with van der Waals surface area (Å²) in [4.78, 5) is 27.5. The molecule has 174 valence electrons. The largest absolute Gasteiger partial charge is 0.454 e. The Morgan fingerprint density at radius 3 is 2.85 bits per heavy atom. The minimum atomic E-state index is -0.254. The molecule has 3 aliphatic rings. The molecule has 2 amide bonds. The maximum absolute atomic E-state index is 12.8. The van der Waals surface area contributed by atoms with Crippen LogP contribution < -0.4 is 25.4 Å². The minimum Gasteiger partial charge on any atom is -0.454 e. The minimum absolute atomic E-state index is 0.0646. The van der Waals surface area contributed by atoms with Crippen LogP contribution in [0.3, 0.4) is 0 Å². The Balaban J connectivity index is 1.06. The van der Waals surface area contributed by atoms with E-state index in [2.05, 4.69) is 33.0 Å². The molecule has 3 atom stereocenters. The van der Waals surface area contributed by atoms with Crippen molar-refractivity contribution in [1.82, 2.24) is 20.9 Å². The zero-order chi connectivity index (χ0) is 22.6. The molecule has 3 N–H and O–H groups in total. The van der Waals surface area contributed by atoms with E-state index in [1.54, 1.807) is 0 Å². The first-order chi connectivity index (χ1) is 16.1. The van der Waals surface area contributed by atoms with Crippen LogP contribution in [-0.4, -0.2) is 53.9 Å². The van der Waals surface area contributed by atoms with Gasteiger partial charge in [0.1, 0.15) is 5.50 Å². The van der Waals surface area contributed by atoms with Gasteiger partial charge in [0.05, 0.1) is 11.7 Å². The van der Waals surface area contributed by atoms with E-state index in [1.165, 1.54) is 17.3 Å². The van der Waals surface area contributed by atoms with Crippen molar-refractivity contribution in [3.05, 3.63) is 59.7 Å². The third kappa shape index (κ3) is 5.43. The molecule has 0 spiro atoms. The van der Waals surface area contributed by atoms with Crippen LogP contribution in [0, 0.1) is 5.92 Å². The van der Waals surface area contributed by atoms with E-state index in [1.807, 2.05) is 36.4 Å². The van der Waals surface area contributed by atoms with Crippen molar-refractivity contribution in [2.24, 2.45) is 5.92 Å². The van der Waals surface area contributed by atoms with Crippen LogP contribution in [0.25, 0.3) is 0 Å². The maximum atomic E-state index is 12.8. The first-order valence-corrected chi connectivity index (χ1v) is 12.3. The molecule has 0 aromatic heterocycles. The summed E-state index contributed by atoms with van der Waals surface area (Å²) in [6.45, 7) is 3.20. The van der Waals surface area contributed by atoms with E-state index in [-0.39, 0.29) is 41.8 Å². The average Bonchev–Trinajstić information content (AvgIpc) is 3.30. The number of nitrogens with zero attached hydrogens (tertiary/aromatic N) is 1. The second kappa shape index (κ2) is 10.0. The Kier molecular flexibility index (Phi) is 6.70. The molecule has 0 radical (unpaired) electrons. The predicted octanol–water partition coefficient (Wildman–Crippen LogP) is 1.66. The molecule has 2 fully saturated rings. The molecule has 33 heavy (non-hydrogen) atoms. The number of fused-ring (bicyclic) bond motifs is 2. The number of ether oxygens (including phenoxy) is 2. The van der Waals surface area contributed by atoms with E-state index >= 15 is 0 Å². The van der Waals surface area contributed by atoms with Gasteiger partial charge in [0.2, 0.25) is 18.6 Å². The molecule has 0 bridgehead atoms. The van der Waals surface area contributed by atoms with Crippen molar-refractivity contribution < 1.29 is 19.1 Å². The van der Waals surface area contributed by atoms with Crippen LogP contribution in [0.15, 0.2) is 48.5 Å². The zero-order valence-electron chi connectivity index (χ0n) is 18.3. The summed E-state index contributed by atoms with van der Waals surface area (Å²) in [6.07, 6.45) is 0.915. The fourth-order valence-corrected chi connectivity index (χ4v) is 5.38. The van der Waals surface area contributed by atoms with Gasteiger partial charge in [0.25, 0.3) is 0 Å². The van der Waals surface area contributed by atoms with Crippen molar-refractivity contribution in [1.29, 1.82) is 0 Å². The lowest BCUT2D eigenvalue weighted by atomic mass is 9.89. The van der Waals surface area contributed by atoms with Crippen LogP contribution in [0.4, 0.5) is 0 Å². The maximum Gasteiger partial charge on any atom is 0.231 e. The first-order valence-electron chi connectivity index (χ1n) is 11.2. The van der Waals surface area contributed by atoms with Gasteiger partial charge >= 0.3 is 0 Å².